The average molecular weight is 220 g/mol. The third-order valence-corrected chi connectivity index (χ3v) is 2.21. The molecule has 0 atom stereocenters. The van der Waals surface area contributed by atoms with Gasteiger partial charge in [0.15, 0.2) is 0 Å². The third kappa shape index (κ3) is 2.92. The monoisotopic (exact) mass is 219 g/mol. The van der Waals surface area contributed by atoms with Gasteiger partial charge in [-0.15, -0.1) is 5.10 Å². The maximum Gasteiger partial charge on any atom is 0.148 e. The molecule has 1 aromatic carbocycles. The summed E-state index contributed by atoms with van der Waals surface area (Å²) in [7, 11) is 0. The fraction of sp³-hybridized carbons (Fsp3) is 0.0909. The average Bonchev–Trinajstić information content (AvgIpc) is 2.30. The summed E-state index contributed by atoms with van der Waals surface area (Å²) in [5.74, 6) is 0.771. The predicted molar refractivity (Wildman–Crippen MR) is 60.8 cm³/mol. The van der Waals surface area contributed by atoms with Crippen molar-refractivity contribution in [2.75, 3.05) is 5.32 Å². The molecule has 0 fully saturated rings. The number of hydrogen-bond donors (Lipinski definition) is 1. The van der Waals surface area contributed by atoms with Gasteiger partial charge in [0.05, 0.1) is 0 Å². The van der Waals surface area contributed by atoms with Crippen molar-refractivity contribution in [1.82, 2.24) is 10.2 Å². The van der Waals surface area contributed by atoms with Crippen molar-refractivity contribution in [3.63, 3.8) is 0 Å². The molecule has 0 unspecified atom stereocenters. The van der Waals surface area contributed by atoms with E-state index >= 15 is 0 Å². The van der Waals surface area contributed by atoms with Gasteiger partial charge < -0.3 is 5.32 Å². The first kappa shape index (κ1) is 9.93. The van der Waals surface area contributed by atoms with Gasteiger partial charge >= 0.3 is 0 Å². The number of hydrogen-bond acceptors (Lipinski definition) is 3. The van der Waals surface area contributed by atoms with Crippen LogP contribution in [-0.4, -0.2) is 10.2 Å². The molecular weight excluding hydrogens is 210 g/mol. The summed E-state index contributed by atoms with van der Waals surface area (Å²) in [6.45, 7) is 0.718. The van der Waals surface area contributed by atoms with Gasteiger partial charge in [-0.1, -0.05) is 23.7 Å². The number of aromatic nitrogens is 2. The Labute approximate surface area is 93.1 Å². The summed E-state index contributed by atoms with van der Waals surface area (Å²) in [5, 5.41) is 11.6. The molecular formula is C11H10ClN3. The topological polar surface area (TPSA) is 37.8 Å². The normalized spacial score (nSPS) is 9.93. The fourth-order valence-corrected chi connectivity index (χ4v) is 1.32. The fourth-order valence-electron chi connectivity index (χ4n) is 1.19. The zero-order chi connectivity index (χ0) is 10.5. The van der Waals surface area contributed by atoms with Crippen molar-refractivity contribution < 1.29 is 0 Å². The number of nitrogens with one attached hydrogen (secondary N) is 1. The Morgan fingerprint density at radius 2 is 1.93 bits per heavy atom. The Balaban J connectivity index is 1.96. The second kappa shape index (κ2) is 4.75. The molecule has 76 valence electrons. The van der Waals surface area contributed by atoms with Gasteiger partial charge in [-0.25, -0.2) is 0 Å². The molecule has 0 bridgehead atoms. The molecule has 2 aromatic rings. The molecule has 0 aliphatic rings. The van der Waals surface area contributed by atoms with E-state index in [4.69, 9.17) is 11.6 Å². The van der Waals surface area contributed by atoms with Gasteiger partial charge in [0, 0.05) is 17.8 Å². The van der Waals surface area contributed by atoms with Gasteiger partial charge in [0.2, 0.25) is 0 Å². The van der Waals surface area contributed by atoms with Crippen molar-refractivity contribution in [1.29, 1.82) is 0 Å². The van der Waals surface area contributed by atoms with Crippen LogP contribution in [0.2, 0.25) is 5.02 Å². The second-order valence-corrected chi connectivity index (χ2v) is 3.53. The summed E-state index contributed by atoms with van der Waals surface area (Å²) < 4.78 is 0. The maximum atomic E-state index is 5.79. The van der Waals surface area contributed by atoms with E-state index in [1.807, 2.05) is 36.4 Å². The second-order valence-electron chi connectivity index (χ2n) is 3.09. The highest BCUT2D eigenvalue weighted by molar-refractivity contribution is 6.30. The largest absolute Gasteiger partial charge is 0.365 e. The zero-order valence-electron chi connectivity index (χ0n) is 8.02. The first-order valence-electron chi connectivity index (χ1n) is 4.60. The lowest BCUT2D eigenvalue weighted by Gasteiger charge is -2.04. The van der Waals surface area contributed by atoms with Crippen LogP contribution >= 0.6 is 11.6 Å². The van der Waals surface area contributed by atoms with E-state index in [9.17, 15) is 0 Å². The molecule has 0 aliphatic carbocycles. The summed E-state index contributed by atoms with van der Waals surface area (Å²) in [6, 6.07) is 11.4. The molecule has 3 nitrogen and oxygen atoms in total. The van der Waals surface area contributed by atoms with Gasteiger partial charge in [-0.3, -0.25) is 0 Å². The third-order valence-electron chi connectivity index (χ3n) is 1.96. The Bertz CT molecular complexity index is 414. The van der Waals surface area contributed by atoms with Crippen molar-refractivity contribution in [2.45, 2.75) is 6.54 Å². The van der Waals surface area contributed by atoms with Crippen LogP contribution in [0.25, 0.3) is 0 Å². The quantitative estimate of drug-likeness (QED) is 0.863. The van der Waals surface area contributed by atoms with Crippen LogP contribution < -0.4 is 5.32 Å². The SMILES string of the molecule is Clc1ccc(CNc2cccnn2)cc1. The summed E-state index contributed by atoms with van der Waals surface area (Å²) in [6.07, 6.45) is 1.65. The Kier molecular flexibility index (Phi) is 3.15. The van der Waals surface area contributed by atoms with Crippen molar-refractivity contribution in [2.24, 2.45) is 0 Å². The lowest BCUT2D eigenvalue weighted by molar-refractivity contribution is 1.00. The minimum Gasteiger partial charge on any atom is -0.365 e. The van der Waals surface area contributed by atoms with Crippen LogP contribution in [0.5, 0.6) is 0 Å². The minimum absolute atomic E-state index is 0.718. The maximum absolute atomic E-state index is 5.79. The molecule has 0 saturated carbocycles. The molecule has 1 heterocycles. The lowest BCUT2D eigenvalue weighted by Crippen LogP contribution is -2.01. The van der Waals surface area contributed by atoms with Gasteiger partial charge in [0.25, 0.3) is 0 Å². The molecule has 1 aromatic heterocycles. The molecule has 0 spiro atoms. The highest BCUT2D eigenvalue weighted by Crippen LogP contribution is 2.10. The Morgan fingerprint density at radius 3 is 2.60 bits per heavy atom. The first-order valence-corrected chi connectivity index (χ1v) is 4.98. The molecule has 0 aliphatic heterocycles. The van der Waals surface area contributed by atoms with E-state index in [-0.39, 0.29) is 0 Å². The van der Waals surface area contributed by atoms with Crippen LogP contribution in [0.1, 0.15) is 5.56 Å². The van der Waals surface area contributed by atoms with E-state index < -0.39 is 0 Å². The first-order chi connectivity index (χ1) is 7.34. The van der Waals surface area contributed by atoms with Crippen LogP contribution in [0.15, 0.2) is 42.6 Å². The number of rotatable bonds is 3. The van der Waals surface area contributed by atoms with E-state index in [1.54, 1.807) is 6.20 Å². The van der Waals surface area contributed by atoms with Crippen LogP contribution in [-0.2, 0) is 6.54 Å². The smallest absolute Gasteiger partial charge is 0.148 e. The van der Waals surface area contributed by atoms with Gasteiger partial charge in [-0.05, 0) is 29.8 Å². The number of anilines is 1. The van der Waals surface area contributed by atoms with Crippen molar-refractivity contribution >= 4 is 17.4 Å². The van der Waals surface area contributed by atoms with Crippen molar-refractivity contribution in [3.05, 3.63) is 53.2 Å². The van der Waals surface area contributed by atoms with Gasteiger partial charge in [0.1, 0.15) is 5.82 Å². The minimum atomic E-state index is 0.718. The molecule has 1 N–H and O–H groups in total. The Hall–Kier alpha value is -1.61. The molecule has 4 heteroatoms. The lowest BCUT2D eigenvalue weighted by atomic mass is 10.2. The standard InChI is InChI=1S/C11H10ClN3/c12-10-5-3-9(4-6-10)8-13-11-2-1-7-14-15-11/h1-7H,8H2,(H,13,15). The molecule has 0 saturated heterocycles. The number of halogens is 1. The number of benzene rings is 1. The van der Waals surface area contributed by atoms with Crippen LogP contribution in [0.3, 0.4) is 0 Å². The summed E-state index contributed by atoms with van der Waals surface area (Å²) >= 11 is 5.79. The molecule has 0 radical (unpaired) electrons. The van der Waals surface area contributed by atoms with Crippen LogP contribution in [0.4, 0.5) is 5.82 Å². The molecule has 15 heavy (non-hydrogen) atoms. The van der Waals surface area contributed by atoms with E-state index in [0.717, 1.165) is 22.9 Å². The van der Waals surface area contributed by atoms with Crippen LogP contribution in [0, 0.1) is 0 Å². The highest BCUT2D eigenvalue weighted by atomic mass is 35.5. The molecule has 2 rings (SSSR count). The summed E-state index contributed by atoms with van der Waals surface area (Å²) in [4.78, 5) is 0. The van der Waals surface area contributed by atoms with E-state index in [2.05, 4.69) is 15.5 Å². The highest BCUT2D eigenvalue weighted by Gasteiger charge is 1.94. The van der Waals surface area contributed by atoms with E-state index in [1.165, 1.54) is 0 Å². The van der Waals surface area contributed by atoms with Gasteiger partial charge in [-0.2, -0.15) is 5.10 Å². The van der Waals surface area contributed by atoms with E-state index in [0.29, 0.717) is 0 Å². The predicted octanol–water partition coefficient (Wildman–Crippen LogP) is 2.74. The van der Waals surface area contributed by atoms with Crippen molar-refractivity contribution in [3.8, 4) is 0 Å². The Morgan fingerprint density at radius 1 is 1.13 bits per heavy atom. The molecule has 0 amide bonds. The zero-order valence-corrected chi connectivity index (χ0v) is 8.78. The summed E-state index contributed by atoms with van der Waals surface area (Å²) in [5.41, 5.74) is 1.16. The number of nitrogens with zero attached hydrogens (tertiary/aromatic N) is 2.